The van der Waals surface area contributed by atoms with Gasteiger partial charge in [-0.3, -0.25) is 0 Å². The maximum Gasteiger partial charge on any atom is 0.144 e. The molecule has 68 valence electrons. The van der Waals surface area contributed by atoms with E-state index in [0.717, 1.165) is 0 Å². The quantitative estimate of drug-likeness (QED) is 0.407. The minimum absolute atomic E-state index is 0.0958. The second kappa shape index (κ2) is 4.70. The van der Waals surface area contributed by atoms with Crippen LogP contribution in [0.2, 0.25) is 5.02 Å². The Morgan fingerprint density at radius 1 is 1.54 bits per heavy atom. The Morgan fingerprint density at radius 2 is 2.31 bits per heavy atom. The van der Waals surface area contributed by atoms with Crippen molar-refractivity contribution in [3.05, 3.63) is 45.0 Å². The molecule has 0 unspecified atom stereocenters. The van der Waals surface area contributed by atoms with Crippen molar-refractivity contribution in [1.29, 1.82) is 0 Å². The third-order valence-corrected chi connectivity index (χ3v) is 1.87. The summed E-state index contributed by atoms with van der Waals surface area (Å²) in [5.41, 5.74) is 8.48. The molecule has 0 aliphatic rings. The maximum absolute atomic E-state index is 13.2. The van der Waals surface area contributed by atoms with E-state index in [-0.39, 0.29) is 11.6 Å². The average Bonchev–Trinajstić information content (AvgIpc) is 2.13. The van der Waals surface area contributed by atoms with E-state index in [4.69, 9.17) is 17.1 Å². The molecule has 3 nitrogen and oxygen atoms in total. The minimum atomic E-state index is -0.433. The van der Waals surface area contributed by atoms with E-state index in [9.17, 15) is 4.39 Å². The van der Waals surface area contributed by atoms with E-state index >= 15 is 0 Å². The lowest BCUT2D eigenvalue weighted by Crippen LogP contribution is -1.93. The van der Waals surface area contributed by atoms with Crippen LogP contribution in [-0.2, 0) is 6.42 Å². The SMILES string of the molecule is [N-]=[N+]=NCCc1cccc(Cl)c1F. The molecule has 0 atom stereocenters. The number of benzene rings is 1. The highest BCUT2D eigenvalue weighted by Crippen LogP contribution is 2.18. The predicted molar refractivity (Wildman–Crippen MR) is 49.1 cm³/mol. The second-order valence-corrected chi connectivity index (χ2v) is 2.82. The molecule has 0 spiro atoms. The van der Waals surface area contributed by atoms with Crippen molar-refractivity contribution in [3.8, 4) is 0 Å². The van der Waals surface area contributed by atoms with Crippen LogP contribution in [-0.4, -0.2) is 6.54 Å². The molecule has 1 aromatic rings. The Kier molecular flexibility index (Phi) is 3.55. The highest BCUT2D eigenvalue weighted by Gasteiger charge is 2.04. The van der Waals surface area contributed by atoms with Gasteiger partial charge in [-0.1, -0.05) is 28.8 Å². The molecule has 0 fully saturated rings. The first kappa shape index (κ1) is 9.84. The number of hydrogen-bond acceptors (Lipinski definition) is 1. The summed E-state index contributed by atoms with van der Waals surface area (Å²) in [7, 11) is 0. The summed E-state index contributed by atoms with van der Waals surface area (Å²) in [5, 5.41) is 3.40. The van der Waals surface area contributed by atoms with Crippen LogP contribution in [0.5, 0.6) is 0 Å². The molecule has 0 radical (unpaired) electrons. The predicted octanol–water partition coefficient (Wildman–Crippen LogP) is 3.33. The van der Waals surface area contributed by atoms with Crippen molar-refractivity contribution in [2.75, 3.05) is 6.54 Å². The third-order valence-electron chi connectivity index (χ3n) is 1.58. The number of nitrogens with zero attached hydrogens (tertiary/aromatic N) is 3. The van der Waals surface area contributed by atoms with Crippen LogP contribution in [0.1, 0.15) is 5.56 Å². The van der Waals surface area contributed by atoms with Gasteiger partial charge in [0.1, 0.15) is 5.82 Å². The van der Waals surface area contributed by atoms with Gasteiger partial charge < -0.3 is 0 Å². The summed E-state index contributed by atoms with van der Waals surface area (Å²) in [4.78, 5) is 2.57. The number of halogens is 2. The van der Waals surface area contributed by atoms with Gasteiger partial charge in [-0.25, -0.2) is 4.39 Å². The Balaban J connectivity index is 2.76. The van der Waals surface area contributed by atoms with Crippen LogP contribution >= 0.6 is 11.6 Å². The van der Waals surface area contributed by atoms with Gasteiger partial charge in [0, 0.05) is 11.5 Å². The summed E-state index contributed by atoms with van der Waals surface area (Å²) >= 11 is 5.55. The molecule has 0 saturated heterocycles. The van der Waals surface area contributed by atoms with Crippen LogP contribution in [0.4, 0.5) is 4.39 Å². The van der Waals surface area contributed by atoms with Crippen molar-refractivity contribution in [3.63, 3.8) is 0 Å². The van der Waals surface area contributed by atoms with Crippen LogP contribution in [0.25, 0.3) is 10.4 Å². The molecule has 0 aromatic heterocycles. The topological polar surface area (TPSA) is 48.8 Å². The van der Waals surface area contributed by atoms with Gasteiger partial charge in [-0.15, -0.1) is 0 Å². The van der Waals surface area contributed by atoms with E-state index in [1.807, 2.05) is 0 Å². The molecule has 13 heavy (non-hydrogen) atoms. The van der Waals surface area contributed by atoms with Crippen LogP contribution in [0, 0.1) is 5.82 Å². The molecule has 0 heterocycles. The van der Waals surface area contributed by atoms with Gasteiger partial charge >= 0.3 is 0 Å². The highest BCUT2D eigenvalue weighted by atomic mass is 35.5. The summed E-state index contributed by atoms with van der Waals surface area (Å²) in [6.07, 6.45) is 0.371. The third kappa shape index (κ3) is 2.61. The smallest absolute Gasteiger partial charge is 0.144 e. The van der Waals surface area contributed by atoms with Gasteiger partial charge in [0.25, 0.3) is 0 Å². The molecule has 0 N–H and O–H groups in total. The van der Waals surface area contributed by atoms with E-state index in [2.05, 4.69) is 10.0 Å². The van der Waals surface area contributed by atoms with Gasteiger partial charge in [-0.2, -0.15) is 0 Å². The number of hydrogen-bond donors (Lipinski definition) is 0. The Bertz CT molecular complexity index is 347. The average molecular weight is 200 g/mol. The zero-order valence-electron chi connectivity index (χ0n) is 6.74. The van der Waals surface area contributed by atoms with E-state index in [1.165, 1.54) is 6.07 Å². The lowest BCUT2D eigenvalue weighted by atomic mass is 10.1. The standard InChI is InChI=1S/C8H7ClFN3/c9-7-3-1-2-6(8(7)10)4-5-12-13-11/h1-3H,4-5H2. The Hall–Kier alpha value is -1.25. The zero-order valence-corrected chi connectivity index (χ0v) is 7.50. The molecule has 1 aromatic carbocycles. The largest absolute Gasteiger partial charge is 0.205 e. The molecule has 0 saturated carbocycles. The second-order valence-electron chi connectivity index (χ2n) is 2.42. The fourth-order valence-electron chi connectivity index (χ4n) is 0.957. The molecule has 0 bridgehead atoms. The summed E-state index contributed by atoms with van der Waals surface area (Å²) in [5.74, 6) is -0.433. The molecule has 0 aliphatic heterocycles. The maximum atomic E-state index is 13.2. The van der Waals surface area contributed by atoms with E-state index in [0.29, 0.717) is 12.0 Å². The number of rotatable bonds is 3. The molecular formula is C8H7ClFN3. The normalized spacial score (nSPS) is 9.38. The lowest BCUT2D eigenvalue weighted by molar-refractivity contribution is 0.610. The Morgan fingerprint density at radius 3 is 3.00 bits per heavy atom. The first-order valence-electron chi connectivity index (χ1n) is 3.69. The molecular weight excluding hydrogens is 193 g/mol. The molecule has 1 rings (SSSR count). The van der Waals surface area contributed by atoms with Crippen LogP contribution < -0.4 is 0 Å². The monoisotopic (exact) mass is 199 g/mol. The van der Waals surface area contributed by atoms with Crippen LogP contribution in [0.15, 0.2) is 23.3 Å². The first-order chi connectivity index (χ1) is 6.25. The molecule has 0 aliphatic carbocycles. The lowest BCUT2D eigenvalue weighted by Gasteiger charge is -2.00. The summed E-state index contributed by atoms with van der Waals surface area (Å²) < 4.78 is 13.2. The van der Waals surface area contributed by atoms with E-state index < -0.39 is 5.82 Å². The van der Waals surface area contributed by atoms with Crippen LogP contribution in [0.3, 0.4) is 0 Å². The molecule has 0 amide bonds. The Labute approximate surface area is 79.8 Å². The van der Waals surface area contributed by atoms with Crippen molar-refractivity contribution < 1.29 is 4.39 Å². The van der Waals surface area contributed by atoms with Crippen molar-refractivity contribution in [2.45, 2.75) is 6.42 Å². The van der Waals surface area contributed by atoms with Gasteiger partial charge in [-0.05, 0) is 23.6 Å². The van der Waals surface area contributed by atoms with Crippen molar-refractivity contribution >= 4 is 11.6 Å². The van der Waals surface area contributed by atoms with Gasteiger partial charge in [0.05, 0.1) is 5.02 Å². The zero-order chi connectivity index (χ0) is 9.68. The van der Waals surface area contributed by atoms with Crippen molar-refractivity contribution in [2.24, 2.45) is 5.11 Å². The van der Waals surface area contributed by atoms with E-state index in [1.54, 1.807) is 12.1 Å². The molecule has 5 heteroatoms. The summed E-state index contributed by atoms with van der Waals surface area (Å²) in [6, 6.07) is 4.76. The fraction of sp³-hybridized carbons (Fsp3) is 0.250. The fourth-order valence-corrected chi connectivity index (χ4v) is 1.15. The first-order valence-corrected chi connectivity index (χ1v) is 4.07. The van der Waals surface area contributed by atoms with Gasteiger partial charge in [0.15, 0.2) is 0 Å². The summed E-state index contributed by atoms with van der Waals surface area (Å²) in [6.45, 7) is 0.244. The minimum Gasteiger partial charge on any atom is -0.205 e. The highest BCUT2D eigenvalue weighted by molar-refractivity contribution is 6.30. The van der Waals surface area contributed by atoms with Gasteiger partial charge in [0.2, 0.25) is 0 Å². The number of azide groups is 1. The van der Waals surface area contributed by atoms with Crippen molar-refractivity contribution in [1.82, 2.24) is 0 Å².